The molecule has 0 saturated carbocycles. The van der Waals surface area contributed by atoms with E-state index in [2.05, 4.69) is 25.5 Å². The number of halogens is 2. The first kappa shape index (κ1) is 20.6. The van der Waals surface area contributed by atoms with Crippen LogP contribution in [0.2, 0.25) is 0 Å². The van der Waals surface area contributed by atoms with E-state index >= 15 is 0 Å². The van der Waals surface area contributed by atoms with E-state index in [1.165, 1.54) is 7.11 Å². The molecule has 2 aromatic rings. The molecule has 2 rings (SSSR count). The Hall–Kier alpha value is -1.45. The molecule has 2 heterocycles. The van der Waals surface area contributed by atoms with Crippen LogP contribution in [0.4, 0.5) is 0 Å². The number of aromatic nitrogens is 4. The smallest absolute Gasteiger partial charge is 0.364 e. The summed E-state index contributed by atoms with van der Waals surface area (Å²) in [5, 5.41) is 4.27. The largest absolute Gasteiger partial charge is 1.00 e. The number of esters is 1. The van der Waals surface area contributed by atoms with E-state index in [1.807, 2.05) is 12.3 Å². The summed E-state index contributed by atoms with van der Waals surface area (Å²) in [6, 6.07) is 3.27. The van der Waals surface area contributed by atoms with Crippen LogP contribution in [0.3, 0.4) is 0 Å². The van der Waals surface area contributed by atoms with Gasteiger partial charge in [0.2, 0.25) is 0 Å². The summed E-state index contributed by atoms with van der Waals surface area (Å²) in [7, 11) is 1.36. The first-order chi connectivity index (χ1) is 9.70. The molecule has 9 heteroatoms. The van der Waals surface area contributed by atoms with Crippen LogP contribution < -0.4 is 44.4 Å². The van der Waals surface area contributed by atoms with Crippen molar-refractivity contribution in [2.45, 2.75) is 19.0 Å². The van der Waals surface area contributed by atoms with Gasteiger partial charge in [0.25, 0.3) is 0 Å². The van der Waals surface area contributed by atoms with Crippen LogP contribution in [0.25, 0.3) is 11.4 Å². The van der Waals surface area contributed by atoms with Crippen molar-refractivity contribution in [3.05, 3.63) is 36.9 Å². The Morgan fingerprint density at radius 2 is 2.05 bits per heavy atom. The summed E-state index contributed by atoms with van der Waals surface area (Å²) in [5.74, 6) is 0.330. The van der Waals surface area contributed by atoms with Gasteiger partial charge < -0.3 is 44.4 Å². The third kappa shape index (κ3) is 5.74. The minimum Gasteiger partial charge on any atom is -1.00 e. The Balaban J connectivity index is 0.00000220. The van der Waals surface area contributed by atoms with E-state index in [4.69, 9.17) is 0 Å². The molecular formula is C13H17Br2N5O2. The number of aryl methyl sites for hydroxylation is 1. The van der Waals surface area contributed by atoms with Gasteiger partial charge in [-0.05, 0) is 11.2 Å². The van der Waals surface area contributed by atoms with Crippen molar-refractivity contribution >= 4 is 5.97 Å². The Labute approximate surface area is 149 Å². The zero-order valence-corrected chi connectivity index (χ0v) is 15.2. The molecule has 2 aromatic heterocycles. The molecular weight excluding hydrogens is 418 g/mol. The first-order valence-corrected chi connectivity index (χ1v) is 6.25. The SMILES string of the molecule is COC(=O)[C@H]([NH3+])CC[n+]1ccc(-c2ncccn2)cn1.[Br-].[Br-]. The minimum absolute atomic E-state index is 0. The van der Waals surface area contributed by atoms with E-state index in [9.17, 15) is 4.79 Å². The lowest BCUT2D eigenvalue weighted by molar-refractivity contribution is -0.756. The van der Waals surface area contributed by atoms with E-state index in [-0.39, 0.29) is 46.0 Å². The fraction of sp³-hybridized carbons (Fsp3) is 0.308. The highest BCUT2D eigenvalue weighted by atomic mass is 79.9. The first-order valence-electron chi connectivity index (χ1n) is 6.25. The Kier molecular flexibility index (Phi) is 9.63. The summed E-state index contributed by atoms with van der Waals surface area (Å²) in [6.07, 6.45) is 7.48. The van der Waals surface area contributed by atoms with Crippen molar-refractivity contribution in [3.63, 3.8) is 0 Å². The highest BCUT2D eigenvalue weighted by Crippen LogP contribution is 2.09. The lowest BCUT2D eigenvalue weighted by atomic mass is 10.2. The van der Waals surface area contributed by atoms with Gasteiger partial charge in [0, 0.05) is 24.0 Å². The molecule has 0 bridgehead atoms. The van der Waals surface area contributed by atoms with Crippen LogP contribution in [0.5, 0.6) is 0 Å². The van der Waals surface area contributed by atoms with Gasteiger partial charge in [-0.15, -0.1) is 0 Å². The standard InChI is InChI=1S/C13H16N5O2.2BrH/c1-20-13(19)11(14)4-8-18-7-3-10(9-17-18)12-15-5-2-6-16-12;;/h2-3,5-7,9,11H,4,8,14H2,1H3;2*1H/q+1;;/p-1/t11-;;/m1../s1. The van der Waals surface area contributed by atoms with Crippen LogP contribution >= 0.6 is 0 Å². The molecule has 0 unspecified atom stereocenters. The number of quaternary nitrogens is 1. The Morgan fingerprint density at radius 3 is 2.59 bits per heavy atom. The summed E-state index contributed by atoms with van der Waals surface area (Å²) in [5.41, 5.74) is 4.60. The number of ether oxygens (including phenoxy) is 1. The fourth-order valence-electron chi connectivity index (χ4n) is 1.67. The molecule has 1 atom stereocenters. The van der Waals surface area contributed by atoms with Crippen molar-refractivity contribution in [3.8, 4) is 11.4 Å². The van der Waals surface area contributed by atoms with Crippen molar-refractivity contribution in [2.75, 3.05) is 7.11 Å². The molecule has 120 valence electrons. The van der Waals surface area contributed by atoms with Crippen LogP contribution in [-0.4, -0.2) is 34.2 Å². The molecule has 0 radical (unpaired) electrons. The normalized spacial score (nSPS) is 10.8. The van der Waals surface area contributed by atoms with Crippen LogP contribution in [0.1, 0.15) is 6.42 Å². The lowest BCUT2D eigenvalue weighted by Crippen LogP contribution is -3.00. The maximum atomic E-state index is 11.2. The van der Waals surface area contributed by atoms with Crippen LogP contribution in [0, 0.1) is 0 Å². The van der Waals surface area contributed by atoms with Gasteiger partial charge in [-0.25, -0.2) is 14.8 Å². The zero-order valence-electron chi connectivity index (χ0n) is 12.0. The monoisotopic (exact) mass is 433 g/mol. The molecule has 0 saturated heterocycles. The molecule has 0 aromatic carbocycles. The van der Waals surface area contributed by atoms with Crippen molar-refractivity contribution in [2.24, 2.45) is 0 Å². The van der Waals surface area contributed by atoms with Gasteiger partial charge in [0.15, 0.2) is 24.6 Å². The number of rotatable bonds is 5. The topological polar surface area (TPSA) is 96.5 Å². The van der Waals surface area contributed by atoms with Crippen LogP contribution in [0.15, 0.2) is 36.9 Å². The average molecular weight is 435 g/mol. The van der Waals surface area contributed by atoms with Gasteiger partial charge >= 0.3 is 5.97 Å². The number of methoxy groups -OCH3 is 1. The van der Waals surface area contributed by atoms with Gasteiger partial charge in [0.1, 0.15) is 6.20 Å². The zero-order chi connectivity index (χ0) is 14.4. The third-order valence-electron chi connectivity index (χ3n) is 2.84. The van der Waals surface area contributed by atoms with E-state index in [0.29, 0.717) is 18.8 Å². The second-order valence-electron chi connectivity index (χ2n) is 4.26. The Bertz CT molecular complexity index is 568. The number of nitrogens with zero attached hydrogens (tertiary/aromatic N) is 4. The second kappa shape index (κ2) is 10.3. The second-order valence-corrected chi connectivity index (χ2v) is 4.26. The Morgan fingerprint density at radius 1 is 1.36 bits per heavy atom. The maximum Gasteiger partial charge on any atom is 0.364 e. The molecule has 0 spiro atoms. The highest BCUT2D eigenvalue weighted by molar-refractivity contribution is 5.73. The molecule has 0 amide bonds. The quantitative estimate of drug-likeness (QED) is 0.372. The molecule has 0 aliphatic carbocycles. The molecule has 3 N–H and O–H groups in total. The number of carbonyl (C=O) groups is 1. The van der Waals surface area contributed by atoms with Crippen LogP contribution in [-0.2, 0) is 16.1 Å². The summed E-state index contributed by atoms with van der Waals surface area (Å²) in [6.45, 7) is 0.596. The third-order valence-corrected chi connectivity index (χ3v) is 2.84. The van der Waals surface area contributed by atoms with Gasteiger partial charge in [-0.2, -0.15) is 0 Å². The number of hydrogen-bond acceptors (Lipinski definition) is 5. The predicted molar refractivity (Wildman–Crippen MR) is 68.8 cm³/mol. The molecule has 7 nitrogen and oxygen atoms in total. The van der Waals surface area contributed by atoms with Gasteiger partial charge in [-0.1, -0.05) is 4.68 Å². The van der Waals surface area contributed by atoms with E-state index < -0.39 is 0 Å². The van der Waals surface area contributed by atoms with E-state index in [0.717, 1.165) is 5.56 Å². The van der Waals surface area contributed by atoms with Gasteiger partial charge in [-0.3, -0.25) is 0 Å². The summed E-state index contributed by atoms with van der Waals surface area (Å²) < 4.78 is 6.37. The summed E-state index contributed by atoms with van der Waals surface area (Å²) >= 11 is 0. The van der Waals surface area contributed by atoms with Crippen molar-refractivity contribution in [1.82, 2.24) is 15.1 Å². The number of hydrogen-bond donors (Lipinski definition) is 1. The maximum absolute atomic E-state index is 11.2. The lowest BCUT2D eigenvalue weighted by Gasteiger charge is -2.03. The molecule has 0 aliphatic rings. The summed E-state index contributed by atoms with van der Waals surface area (Å²) in [4.78, 5) is 19.6. The van der Waals surface area contributed by atoms with Gasteiger partial charge in [0.05, 0.1) is 13.5 Å². The number of carbonyl (C=O) groups excluding carboxylic acids is 1. The minimum atomic E-state index is -0.383. The van der Waals surface area contributed by atoms with Crippen molar-refractivity contribution < 1.29 is 53.9 Å². The van der Waals surface area contributed by atoms with E-state index in [1.54, 1.807) is 29.3 Å². The predicted octanol–water partition coefficient (Wildman–Crippen LogP) is -6.99. The molecule has 0 aliphatic heterocycles. The fourth-order valence-corrected chi connectivity index (χ4v) is 1.67. The van der Waals surface area contributed by atoms with Crippen molar-refractivity contribution in [1.29, 1.82) is 0 Å². The molecule has 0 fully saturated rings. The highest BCUT2D eigenvalue weighted by Gasteiger charge is 2.20. The average Bonchev–Trinajstić information content (AvgIpc) is 2.53. The molecule has 22 heavy (non-hydrogen) atoms.